The molecule has 1 fully saturated rings. The van der Waals surface area contributed by atoms with Gasteiger partial charge < -0.3 is 14.4 Å². The van der Waals surface area contributed by atoms with Crippen LogP contribution < -0.4 is 10.7 Å². The number of imidazole rings is 1. The number of rotatable bonds is 14. The summed E-state index contributed by atoms with van der Waals surface area (Å²) in [6.07, 6.45) is 14.3. The van der Waals surface area contributed by atoms with Crippen LogP contribution in [0.15, 0.2) is 54.6 Å². The summed E-state index contributed by atoms with van der Waals surface area (Å²) in [5.41, 5.74) is 4.20. The third kappa shape index (κ3) is 8.31. The van der Waals surface area contributed by atoms with Crippen molar-refractivity contribution in [3.8, 4) is 0 Å². The van der Waals surface area contributed by atoms with E-state index in [2.05, 4.69) is 69.8 Å². The van der Waals surface area contributed by atoms with Gasteiger partial charge in [0.2, 0.25) is 0 Å². The van der Waals surface area contributed by atoms with Gasteiger partial charge >= 0.3 is 0 Å². The van der Waals surface area contributed by atoms with Crippen molar-refractivity contribution in [2.24, 2.45) is 0 Å². The number of aryl methyl sites for hydroxylation is 2. The zero-order valence-electron chi connectivity index (χ0n) is 24.5. The molecule has 0 amide bonds. The van der Waals surface area contributed by atoms with Crippen LogP contribution in [0.3, 0.4) is 0 Å². The lowest BCUT2D eigenvalue weighted by Crippen LogP contribution is -2.36. The normalized spacial score (nSPS) is 15.8. The first-order chi connectivity index (χ1) is 19.7. The maximum absolute atomic E-state index is 6.12. The first kappa shape index (κ1) is 29.1. The Morgan fingerprint density at radius 2 is 1.52 bits per heavy atom. The number of piperidine rings is 1. The van der Waals surface area contributed by atoms with Crippen LogP contribution in [0.1, 0.15) is 68.8 Å². The standard InChI is InChI=1S/C35H47ClN4/c1-29-11-8-14-33-35(29)37-34(20-17-31-15-18-32(36)19-16-31)40(33)27-10-26-39(28-21-30-12-4-2-5-13-30)25-9-24-38-22-6-3-7-23-38/h2,4-5,12-16,18-19H,3,6-11,17,20-28H2,1H3. The van der Waals surface area contributed by atoms with Crippen molar-refractivity contribution in [2.75, 3.05) is 39.3 Å². The number of hydrogen-bond acceptors (Lipinski definition) is 3. The molecule has 0 N–H and O–H groups in total. The zero-order valence-corrected chi connectivity index (χ0v) is 25.2. The van der Waals surface area contributed by atoms with Crippen LogP contribution in [0.4, 0.5) is 0 Å². The van der Waals surface area contributed by atoms with Crippen LogP contribution in [0.2, 0.25) is 5.02 Å². The summed E-state index contributed by atoms with van der Waals surface area (Å²) in [6.45, 7) is 10.6. The Hall–Kier alpha value is -2.40. The average molecular weight is 559 g/mol. The molecule has 0 bridgehead atoms. The minimum Gasteiger partial charge on any atom is -0.328 e. The minimum absolute atomic E-state index is 0.799. The van der Waals surface area contributed by atoms with E-state index in [0.29, 0.717) is 0 Å². The molecule has 2 heterocycles. The average Bonchev–Trinajstić information content (AvgIpc) is 3.35. The molecular weight excluding hydrogens is 512 g/mol. The van der Waals surface area contributed by atoms with Gasteiger partial charge in [0.05, 0.1) is 10.7 Å². The Labute approximate surface area is 246 Å². The number of benzene rings is 2. The monoisotopic (exact) mass is 558 g/mol. The Balaban J connectivity index is 1.23. The second-order valence-electron chi connectivity index (χ2n) is 11.7. The van der Waals surface area contributed by atoms with Crippen LogP contribution in [0.5, 0.6) is 0 Å². The van der Waals surface area contributed by atoms with Gasteiger partial charge in [0.1, 0.15) is 5.82 Å². The highest BCUT2D eigenvalue weighted by molar-refractivity contribution is 6.30. The molecule has 5 heteroatoms. The maximum Gasteiger partial charge on any atom is 0.110 e. The van der Waals surface area contributed by atoms with E-state index in [1.54, 1.807) is 0 Å². The lowest BCUT2D eigenvalue weighted by molar-refractivity contribution is 0.201. The van der Waals surface area contributed by atoms with Gasteiger partial charge in [0.15, 0.2) is 0 Å². The van der Waals surface area contributed by atoms with Crippen LogP contribution >= 0.6 is 11.6 Å². The SMILES string of the molecule is CC1=c2nc(CCc3ccc(Cl)cc3)n(CCCN(CCCN3CCCCC3)CCc3ccccc3)c2=CCC1. The molecule has 5 rings (SSSR count). The molecule has 2 aliphatic rings. The van der Waals surface area contributed by atoms with E-state index in [-0.39, 0.29) is 0 Å². The fourth-order valence-electron chi connectivity index (χ4n) is 6.35. The lowest BCUT2D eigenvalue weighted by atomic mass is 10.1. The lowest BCUT2D eigenvalue weighted by Gasteiger charge is -2.28. The largest absolute Gasteiger partial charge is 0.328 e. The van der Waals surface area contributed by atoms with Crippen molar-refractivity contribution in [1.29, 1.82) is 0 Å². The molecule has 0 atom stereocenters. The summed E-state index contributed by atoms with van der Waals surface area (Å²) < 4.78 is 2.54. The molecule has 0 radical (unpaired) electrons. The fourth-order valence-corrected chi connectivity index (χ4v) is 6.47. The molecule has 1 saturated heterocycles. The summed E-state index contributed by atoms with van der Waals surface area (Å²) in [4.78, 5) is 10.6. The fraction of sp³-hybridized carbons (Fsp3) is 0.514. The predicted molar refractivity (Wildman–Crippen MR) is 169 cm³/mol. The van der Waals surface area contributed by atoms with E-state index in [1.807, 2.05) is 12.1 Å². The Morgan fingerprint density at radius 3 is 2.30 bits per heavy atom. The van der Waals surface area contributed by atoms with E-state index >= 15 is 0 Å². The quantitative estimate of drug-likeness (QED) is 0.247. The number of likely N-dealkylation sites (tertiary alicyclic amines) is 1. The van der Waals surface area contributed by atoms with E-state index in [9.17, 15) is 0 Å². The highest BCUT2D eigenvalue weighted by Crippen LogP contribution is 2.13. The molecule has 40 heavy (non-hydrogen) atoms. The molecule has 0 spiro atoms. The van der Waals surface area contributed by atoms with Gasteiger partial charge in [0, 0.05) is 24.5 Å². The van der Waals surface area contributed by atoms with Gasteiger partial charge in [-0.15, -0.1) is 0 Å². The van der Waals surface area contributed by atoms with Gasteiger partial charge in [-0.2, -0.15) is 0 Å². The number of halogens is 1. The molecule has 1 aliphatic carbocycles. The summed E-state index contributed by atoms with van der Waals surface area (Å²) in [5.74, 6) is 1.23. The molecule has 0 unspecified atom stereocenters. The van der Waals surface area contributed by atoms with Gasteiger partial charge in [-0.25, -0.2) is 4.98 Å². The first-order valence-corrected chi connectivity index (χ1v) is 16.0. The molecule has 2 aromatic carbocycles. The number of aromatic nitrogens is 2. The van der Waals surface area contributed by atoms with Crippen molar-refractivity contribution in [2.45, 2.75) is 77.7 Å². The minimum atomic E-state index is 0.799. The molecule has 1 aromatic heterocycles. The number of nitrogens with zero attached hydrogens (tertiary/aromatic N) is 4. The highest BCUT2D eigenvalue weighted by Gasteiger charge is 2.15. The van der Waals surface area contributed by atoms with Crippen molar-refractivity contribution >= 4 is 23.3 Å². The summed E-state index contributed by atoms with van der Waals surface area (Å²) in [5, 5.41) is 3.39. The van der Waals surface area contributed by atoms with Crippen molar-refractivity contribution in [3.05, 3.63) is 87.3 Å². The third-order valence-corrected chi connectivity index (χ3v) is 8.96. The maximum atomic E-state index is 6.12. The third-order valence-electron chi connectivity index (χ3n) is 8.71. The number of hydrogen-bond donors (Lipinski definition) is 0. The number of fused-ring (bicyclic) bond motifs is 1. The summed E-state index contributed by atoms with van der Waals surface area (Å²) in [7, 11) is 0. The molecule has 3 aromatic rings. The molecular formula is C35H47ClN4. The molecule has 0 saturated carbocycles. The van der Waals surface area contributed by atoms with Crippen molar-refractivity contribution < 1.29 is 0 Å². The molecule has 4 nitrogen and oxygen atoms in total. The van der Waals surface area contributed by atoms with Crippen LogP contribution in [-0.2, 0) is 25.8 Å². The zero-order chi connectivity index (χ0) is 27.6. The Bertz CT molecular complexity index is 1310. The second-order valence-corrected chi connectivity index (χ2v) is 12.2. The highest BCUT2D eigenvalue weighted by atomic mass is 35.5. The van der Waals surface area contributed by atoms with Crippen LogP contribution in [0, 0.1) is 0 Å². The van der Waals surface area contributed by atoms with Crippen molar-refractivity contribution in [3.63, 3.8) is 0 Å². The van der Waals surface area contributed by atoms with Gasteiger partial charge in [0.25, 0.3) is 0 Å². The van der Waals surface area contributed by atoms with Gasteiger partial charge in [-0.1, -0.05) is 66.6 Å². The molecule has 214 valence electrons. The summed E-state index contributed by atoms with van der Waals surface area (Å²) in [6, 6.07) is 19.3. The van der Waals surface area contributed by atoms with Crippen LogP contribution in [-0.4, -0.2) is 58.6 Å². The Morgan fingerprint density at radius 1 is 0.800 bits per heavy atom. The molecule has 1 aliphatic heterocycles. The van der Waals surface area contributed by atoms with E-state index in [1.165, 1.54) is 85.1 Å². The summed E-state index contributed by atoms with van der Waals surface area (Å²) >= 11 is 6.12. The Kier molecular flexibility index (Phi) is 10.9. The van der Waals surface area contributed by atoms with Gasteiger partial charge in [-0.3, -0.25) is 0 Å². The van der Waals surface area contributed by atoms with E-state index < -0.39 is 0 Å². The van der Waals surface area contributed by atoms with Crippen molar-refractivity contribution in [1.82, 2.24) is 19.4 Å². The first-order valence-electron chi connectivity index (χ1n) is 15.6. The topological polar surface area (TPSA) is 24.3 Å². The smallest absolute Gasteiger partial charge is 0.110 e. The predicted octanol–water partition coefficient (Wildman–Crippen LogP) is 5.88. The van der Waals surface area contributed by atoms with Gasteiger partial charge in [-0.05, 0) is 120 Å². The van der Waals surface area contributed by atoms with Crippen LogP contribution in [0.25, 0.3) is 11.6 Å². The van der Waals surface area contributed by atoms with E-state index in [4.69, 9.17) is 16.6 Å². The second kappa shape index (κ2) is 15.0. The van der Waals surface area contributed by atoms with E-state index in [0.717, 1.165) is 63.2 Å².